The molecule has 5 heteroatoms. The van der Waals surface area contributed by atoms with Crippen LogP contribution in [0.2, 0.25) is 0 Å². The number of fused-ring (bicyclic) bond motifs is 1. The van der Waals surface area contributed by atoms with E-state index in [1.54, 1.807) is 6.20 Å². The van der Waals surface area contributed by atoms with E-state index in [0.717, 1.165) is 56.3 Å². The maximum absolute atomic E-state index is 12.9. The van der Waals surface area contributed by atoms with Gasteiger partial charge in [-0.1, -0.05) is 0 Å². The minimum Gasteiger partial charge on any atom is -0.349 e. The predicted molar refractivity (Wildman–Crippen MR) is 99.6 cm³/mol. The van der Waals surface area contributed by atoms with Crippen LogP contribution < -0.4 is 10.6 Å². The van der Waals surface area contributed by atoms with Crippen LogP contribution >= 0.6 is 0 Å². The molecule has 0 radical (unpaired) electrons. The molecule has 2 aliphatic carbocycles. The summed E-state index contributed by atoms with van der Waals surface area (Å²) in [4.78, 5) is 22.3. The Kier molecular flexibility index (Phi) is 4.84. The number of aromatic nitrogens is 1. The van der Waals surface area contributed by atoms with E-state index < -0.39 is 0 Å². The normalized spacial score (nSPS) is 26.4. The standard InChI is InChI=1S/C20H28N4O/c1-21-14-7-9-15(10-8-14)23-20(25)16-11-12-22-18-4-2-3-17(13-5-6-13)24-19(16)18/h11-15,21H,2-10H2,1H3,(H,23,25). The van der Waals surface area contributed by atoms with Crippen molar-refractivity contribution in [2.75, 3.05) is 7.05 Å². The van der Waals surface area contributed by atoms with Gasteiger partial charge < -0.3 is 10.6 Å². The first-order chi connectivity index (χ1) is 12.2. The lowest BCUT2D eigenvalue weighted by Gasteiger charge is -2.29. The first kappa shape index (κ1) is 16.7. The summed E-state index contributed by atoms with van der Waals surface area (Å²) >= 11 is 0. The predicted octanol–water partition coefficient (Wildman–Crippen LogP) is 3.16. The summed E-state index contributed by atoms with van der Waals surface area (Å²) in [5.41, 5.74) is 3.82. The lowest BCUT2D eigenvalue weighted by molar-refractivity contribution is 0.0925. The van der Waals surface area contributed by atoms with E-state index in [1.807, 2.05) is 13.1 Å². The molecule has 2 N–H and O–H groups in total. The van der Waals surface area contributed by atoms with Gasteiger partial charge in [-0.2, -0.15) is 0 Å². The second-order valence-corrected chi connectivity index (χ2v) is 7.70. The maximum atomic E-state index is 12.9. The molecule has 4 rings (SSSR count). The van der Waals surface area contributed by atoms with Gasteiger partial charge >= 0.3 is 0 Å². The van der Waals surface area contributed by atoms with Gasteiger partial charge in [0.25, 0.3) is 5.91 Å². The van der Waals surface area contributed by atoms with Gasteiger partial charge in [-0.3, -0.25) is 14.8 Å². The van der Waals surface area contributed by atoms with Crippen LogP contribution in [0.5, 0.6) is 0 Å². The first-order valence-corrected chi connectivity index (χ1v) is 9.78. The Bertz CT molecular complexity index is 672. The Labute approximate surface area is 149 Å². The lowest BCUT2D eigenvalue weighted by Crippen LogP contribution is -2.41. The van der Waals surface area contributed by atoms with E-state index in [2.05, 4.69) is 15.6 Å². The monoisotopic (exact) mass is 340 g/mol. The highest BCUT2D eigenvalue weighted by Crippen LogP contribution is 2.37. The van der Waals surface area contributed by atoms with Crippen LogP contribution in [0.1, 0.15) is 67.4 Å². The van der Waals surface area contributed by atoms with Crippen molar-refractivity contribution in [1.29, 1.82) is 0 Å². The Morgan fingerprint density at radius 1 is 1.08 bits per heavy atom. The Balaban J connectivity index is 1.52. The molecule has 2 fully saturated rings. The molecular weight excluding hydrogens is 312 g/mol. The third kappa shape index (κ3) is 3.76. The summed E-state index contributed by atoms with van der Waals surface area (Å²) in [6, 6.07) is 2.71. The third-order valence-electron chi connectivity index (χ3n) is 5.87. The lowest BCUT2D eigenvalue weighted by atomic mass is 9.91. The van der Waals surface area contributed by atoms with Gasteiger partial charge in [-0.15, -0.1) is 0 Å². The number of carbonyl (C=O) groups is 1. The largest absolute Gasteiger partial charge is 0.349 e. The van der Waals surface area contributed by atoms with Gasteiger partial charge in [-0.05, 0) is 76.8 Å². The molecule has 0 aromatic carbocycles. The minimum atomic E-state index is 0.0207. The molecular formula is C20H28N4O. The molecule has 1 aromatic rings. The molecule has 1 amide bonds. The van der Waals surface area contributed by atoms with Crippen molar-refractivity contribution in [2.24, 2.45) is 10.9 Å². The van der Waals surface area contributed by atoms with Crippen molar-refractivity contribution < 1.29 is 4.79 Å². The van der Waals surface area contributed by atoms with Gasteiger partial charge in [0.1, 0.15) is 0 Å². The first-order valence-electron chi connectivity index (χ1n) is 9.78. The highest BCUT2D eigenvalue weighted by Gasteiger charge is 2.30. The Hall–Kier alpha value is -1.75. The van der Waals surface area contributed by atoms with Gasteiger partial charge in [0.05, 0.1) is 16.9 Å². The van der Waals surface area contributed by atoms with Gasteiger partial charge in [0.15, 0.2) is 0 Å². The second-order valence-electron chi connectivity index (χ2n) is 7.70. The average Bonchev–Trinajstić information content (AvgIpc) is 3.47. The van der Waals surface area contributed by atoms with Crippen LogP contribution in [0.3, 0.4) is 0 Å². The van der Waals surface area contributed by atoms with Crippen LogP contribution in [0, 0.1) is 5.92 Å². The van der Waals surface area contributed by atoms with Crippen molar-refractivity contribution in [3.05, 3.63) is 23.5 Å². The van der Waals surface area contributed by atoms with E-state index in [4.69, 9.17) is 4.99 Å². The maximum Gasteiger partial charge on any atom is 0.253 e. The number of rotatable bonds is 4. The SMILES string of the molecule is CNC1CCC(NC(=O)c2ccnc3c2N=C(C2CC2)CCC3)CC1. The molecule has 1 aromatic heterocycles. The second kappa shape index (κ2) is 7.24. The van der Waals surface area contributed by atoms with E-state index in [1.165, 1.54) is 18.6 Å². The summed E-state index contributed by atoms with van der Waals surface area (Å²) < 4.78 is 0. The molecule has 0 spiro atoms. The molecule has 0 bridgehead atoms. The van der Waals surface area contributed by atoms with Crippen LogP contribution in [-0.2, 0) is 6.42 Å². The minimum absolute atomic E-state index is 0.0207. The van der Waals surface area contributed by atoms with Crippen LogP contribution in [0.4, 0.5) is 5.69 Å². The summed E-state index contributed by atoms with van der Waals surface area (Å²) in [5.74, 6) is 0.672. The number of pyridine rings is 1. The molecule has 2 heterocycles. The zero-order valence-corrected chi connectivity index (χ0v) is 15.1. The van der Waals surface area contributed by atoms with Crippen molar-refractivity contribution in [1.82, 2.24) is 15.6 Å². The van der Waals surface area contributed by atoms with E-state index >= 15 is 0 Å². The zero-order chi connectivity index (χ0) is 17.2. The van der Waals surface area contributed by atoms with Crippen LogP contribution in [0.15, 0.2) is 17.3 Å². The molecule has 2 saturated carbocycles. The van der Waals surface area contributed by atoms with E-state index in [9.17, 15) is 4.79 Å². The number of carbonyl (C=O) groups excluding carboxylic acids is 1. The zero-order valence-electron chi connectivity index (χ0n) is 15.1. The highest BCUT2D eigenvalue weighted by atomic mass is 16.1. The van der Waals surface area contributed by atoms with E-state index in [0.29, 0.717) is 17.5 Å². The fraction of sp³-hybridized carbons (Fsp3) is 0.650. The fourth-order valence-electron chi connectivity index (χ4n) is 4.13. The molecule has 134 valence electrons. The van der Waals surface area contributed by atoms with Gasteiger partial charge in [-0.25, -0.2) is 0 Å². The van der Waals surface area contributed by atoms with Gasteiger partial charge in [0.2, 0.25) is 0 Å². The molecule has 0 unspecified atom stereocenters. The topological polar surface area (TPSA) is 66.4 Å². The number of aliphatic imine (C=N–C) groups is 1. The van der Waals surface area contributed by atoms with Crippen molar-refractivity contribution in [3.63, 3.8) is 0 Å². The summed E-state index contributed by atoms with van der Waals surface area (Å²) in [6.45, 7) is 0. The highest BCUT2D eigenvalue weighted by molar-refractivity contribution is 6.02. The number of hydrogen-bond acceptors (Lipinski definition) is 4. The molecule has 1 aliphatic heterocycles. The molecule has 3 aliphatic rings. The number of aryl methyl sites for hydroxylation is 1. The summed E-state index contributed by atoms with van der Waals surface area (Å²) in [7, 11) is 2.02. The Morgan fingerprint density at radius 3 is 2.56 bits per heavy atom. The average molecular weight is 340 g/mol. The summed E-state index contributed by atoms with van der Waals surface area (Å²) in [6.07, 6.45) is 11.7. The molecule has 0 atom stereocenters. The van der Waals surface area contributed by atoms with Crippen molar-refractivity contribution in [3.8, 4) is 0 Å². The fourth-order valence-corrected chi connectivity index (χ4v) is 4.13. The molecule has 0 saturated heterocycles. The number of hydrogen-bond donors (Lipinski definition) is 2. The third-order valence-corrected chi connectivity index (χ3v) is 5.87. The van der Waals surface area contributed by atoms with Crippen LogP contribution in [0.25, 0.3) is 0 Å². The van der Waals surface area contributed by atoms with Crippen LogP contribution in [-0.4, -0.2) is 35.7 Å². The van der Waals surface area contributed by atoms with Gasteiger partial charge in [0, 0.05) is 24.0 Å². The summed E-state index contributed by atoms with van der Waals surface area (Å²) in [5, 5.41) is 6.59. The van der Waals surface area contributed by atoms with Crippen molar-refractivity contribution in [2.45, 2.75) is 69.9 Å². The Morgan fingerprint density at radius 2 is 1.84 bits per heavy atom. The number of amides is 1. The number of nitrogens with one attached hydrogen (secondary N) is 2. The van der Waals surface area contributed by atoms with E-state index in [-0.39, 0.29) is 11.9 Å². The molecule has 5 nitrogen and oxygen atoms in total. The smallest absolute Gasteiger partial charge is 0.253 e. The molecule has 25 heavy (non-hydrogen) atoms. The quantitative estimate of drug-likeness (QED) is 0.885. The number of nitrogens with zero attached hydrogens (tertiary/aromatic N) is 2. The van der Waals surface area contributed by atoms with Crippen molar-refractivity contribution >= 4 is 17.3 Å².